The standard InChI is InChI=1S/C11H11FOS/c1-11(2,12)7-6-14-9-5-3-4-8(13)10(7)9/h3-6,13H,1-2H3. The van der Waals surface area contributed by atoms with Gasteiger partial charge >= 0.3 is 0 Å². The van der Waals surface area contributed by atoms with E-state index >= 15 is 0 Å². The molecule has 2 rings (SSSR count). The molecule has 0 fully saturated rings. The minimum Gasteiger partial charge on any atom is -0.507 e. The molecule has 74 valence electrons. The molecule has 0 aliphatic rings. The molecule has 0 saturated heterocycles. The Balaban J connectivity index is 2.80. The maximum absolute atomic E-state index is 13.8. The largest absolute Gasteiger partial charge is 0.507 e. The molecule has 0 atom stereocenters. The highest BCUT2D eigenvalue weighted by Crippen LogP contribution is 2.39. The van der Waals surface area contributed by atoms with Crippen LogP contribution in [0, 0.1) is 0 Å². The third-order valence-electron chi connectivity index (χ3n) is 2.22. The first-order chi connectivity index (χ1) is 6.50. The van der Waals surface area contributed by atoms with E-state index in [4.69, 9.17) is 0 Å². The maximum atomic E-state index is 13.8. The molecule has 3 heteroatoms. The quantitative estimate of drug-likeness (QED) is 0.758. The lowest BCUT2D eigenvalue weighted by Gasteiger charge is -2.13. The van der Waals surface area contributed by atoms with Crippen molar-refractivity contribution in [3.8, 4) is 5.75 Å². The van der Waals surface area contributed by atoms with E-state index in [1.807, 2.05) is 6.07 Å². The van der Waals surface area contributed by atoms with E-state index < -0.39 is 5.67 Å². The molecule has 0 saturated carbocycles. The molecule has 2 aromatic rings. The Hall–Kier alpha value is -1.09. The van der Waals surface area contributed by atoms with Gasteiger partial charge in [0, 0.05) is 15.6 Å². The minimum atomic E-state index is -1.41. The fraction of sp³-hybridized carbons (Fsp3) is 0.273. The van der Waals surface area contributed by atoms with Crippen LogP contribution in [0.2, 0.25) is 0 Å². The summed E-state index contributed by atoms with van der Waals surface area (Å²) < 4.78 is 14.7. The number of fused-ring (bicyclic) bond motifs is 1. The number of benzene rings is 1. The van der Waals surface area contributed by atoms with Crippen LogP contribution in [0.5, 0.6) is 5.75 Å². The van der Waals surface area contributed by atoms with Gasteiger partial charge in [0.25, 0.3) is 0 Å². The predicted octanol–water partition coefficient (Wildman–Crippen LogP) is 3.81. The van der Waals surface area contributed by atoms with Crippen molar-refractivity contribution in [3.05, 3.63) is 29.1 Å². The second-order valence-electron chi connectivity index (χ2n) is 3.77. The van der Waals surface area contributed by atoms with E-state index in [-0.39, 0.29) is 5.75 Å². The Kier molecular flexibility index (Phi) is 2.00. The van der Waals surface area contributed by atoms with Crippen LogP contribution in [0.4, 0.5) is 4.39 Å². The van der Waals surface area contributed by atoms with Crippen molar-refractivity contribution >= 4 is 21.4 Å². The fourth-order valence-corrected chi connectivity index (χ4v) is 2.64. The number of phenolic OH excluding ortho intramolecular Hbond substituents is 1. The Morgan fingerprint density at radius 1 is 1.36 bits per heavy atom. The van der Waals surface area contributed by atoms with Gasteiger partial charge in [-0.2, -0.15) is 0 Å². The summed E-state index contributed by atoms with van der Waals surface area (Å²) in [6.07, 6.45) is 0. The Bertz CT molecular complexity index is 468. The lowest BCUT2D eigenvalue weighted by atomic mass is 9.99. The SMILES string of the molecule is CC(C)(F)c1csc2cccc(O)c12. The van der Waals surface area contributed by atoms with Crippen LogP contribution in [0.15, 0.2) is 23.6 Å². The molecule has 0 bridgehead atoms. The second kappa shape index (κ2) is 2.95. The number of hydrogen-bond acceptors (Lipinski definition) is 2. The van der Waals surface area contributed by atoms with Gasteiger partial charge < -0.3 is 5.11 Å². The molecular weight excluding hydrogens is 199 g/mol. The molecule has 14 heavy (non-hydrogen) atoms. The van der Waals surface area contributed by atoms with Crippen LogP contribution < -0.4 is 0 Å². The lowest BCUT2D eigenvalue weighted by molar-refractivity contribution is 0.224. The summed E-state index contributed by atoms with van der Waals surface area (Å²) in [6.45, 7) is 3.00. The topological polar surface area (TPSA) is 20.2 Å². The van der Waals surface area contributed by atoms with Crippen molar-refractivity contribution in [1.29, 1.82) is 0 Å². The molecule has 1 heterocycles. The molecular formula is C11H11FOS. The summed E-state index contributed by atoms with van der Waals surface area (Å²) in [6, 6.07) is 5.24. The normalized spacial score (nSPS) is 12.2. The number of hydrogen-bond donors (Lipinski definition) is 1. The molecule has 1 aromatic heterocycles. The van der Waals surface area contributed by atoms with Gasteiger partial charge in [0.2, 0.25) is 0 Å². The summed E-state index contributed by atoms with van der Waals surface area (Å²) in [5.74, 6) is 0.157. The van der Waals surface area contributed by atoms with Crippen LogP contribution in [-0.2, 0) is 5.67 Å². The van der Waals surface area contributed by atoms with Gasteiger partial charge in [-0.1, -0.05) is 6.07 Å². The molecule has 1 aromatic carbocycles. The summed E-state index contributed by atoms with van der Waals surface area (Å²) >= 11 is 1.45. The lowest BCUT2D eigenvalue weighted by Crippen LogP contribution is -2.07. The Morgan fingerprint density at radius 3 is 2.71 bits per heavy atom. The maximum Gasteiger partial charge on any atom is 0.132 e. The van der Waals surface area contributed by atoms with Crippen LogP contribution >= 0.6 is 11.3 Å². The van der Waals surface area contributed by atoms with Crippen molar-refractivity contribution < 1.29 is 9.50 Å². The summed E-state index contributed by atoms with van der Waals surface area (Å²) in [5.41, 5.74) is -0.840. The molecule has 1 nitrogen and oxygen atoms in total. The number of phenols is 1. The highest BCUT2D eigenvalue weighted by Gasteiger charge is 2.24. The van der Waals surface area contributed by atoms with E-state index in [0.29, 0.717) is 10.9 Å². The summed E-state index contributed by atoms with van der Waals surface area (Å²) in [7, 11) is 0. The van der Waals surface area contributed by atoms with Crippen LogP contribution in [-0.4, -0.2) is 5.11 Å². The zero-order valence-electron chi connectivity index (χ0n) is 8.04. The average Bonchev–Trinajstić information content (AvgIpc) is 2.47. The van der Waals surface area contributed by atoms with E-state index in [1.54, 1.807) is 17.5 Å². The molecule has 0 aliphatic carbocycles. The monoisotopic (exact) mass is 210 g/mol. The van der Waals surface area contributed by atoms with E-state index in [0.717, 1.165) is 4.70 Å². The van der Waals surface area contributed by atoms with E-state index in [1.165, 1.54) is 25.2 Å². The number of aromatic hydroxyl groups is 1. The third-order valence-corrected chi connectivity index (χ3v) is 3.17. The first kappa shape index (κ1) is 9.46. The number of halogens is 1. The van der Waals surface area contributed by atoms with Crippen molar-refractivity contribution in [3.63, 3.8) is 0 Å². The van der Waals surface area contributed by atoms with Gasteiger partial charge in [-0.15, -0.1) is 11.3 Å². The molecule has 0 unspecified atom stereocenters. The second-order valence-corrected chi connectivity index (χ2v) is 4.68. The van der Waals surface area contributed by atoms with Crippen molar-refractivity contribution in [1.82, 2.24) is 0 Å². The summed E-state index contributed by atoms with van der Waals surface area (Å²) in [5, 5.41) is 12.1. The highest BCUT2D eigenvalue weighted by molar-refractivity contribution is 7.17. The zero-order chi connectivity index (χ0) is 10.3. The van der Waals surface area contributed by atoms with Crippen LogP contribution in [0.3, 0.4) is 0 Å². The Labute approximate surface area is 85.8 Å². The first-order valence-corrected chi connectivity index (χ1v) is 5.26. The van der Waals surface area contributed by atoms with Gasteiger partial charge in [-0.25, -0.2) is 4.39 Å². The molecule has 0 amide bonds. The average molecular weight is 210 g/mol. The van der Waals surface area contributed by atoms with Crippen molar-refractivity contribution in [2.45, 2.75) is 19.5 Å². The number of alkyl halides is 1. The van der Waals surface area contributed by atoms with Gasteiger partial charge in [0.15, 0.2) is 0 Å². The van der Waals surface area contributed by atoms with Crippen LogP contribution in [0.1, 0.15) is 19.4 Å². The van der Waals surface area contributed by atoms with E-state index in [9.17, 15) is 9.50 Å². The van der Waals surface area contributed by atoms with E-state index in [2.05, 4.69) is 0 Å². The summed E-state index contributed by atoms with van der Waals surface area (Å²) in [4.78, 5) is 0. The molecule has 0 radical (unpaired) electrons. The van der Waals surface area contributed by atoms with Gasteiger partial charge in [-0.3, -0.25) is 0 Å². The molecule has 0 spiro atoms. The number of rotatable bonds is 1. The van der Waals surface area contributed by atoms with Crippen LogP contribution in [0.25, 0.3) is 10.1 Å². The van der Waals surface area contributed by atoms with Gasteiger partial charge in [-0.05, 0) is 31.4 Å². The highest BCUT2D eigenvalue weighted by atomic mass is 32.1. The van der Waals surface area contributed by atoms with Gasteiger partial charge in [0.1, 0.15) is 11.4 Å². The predicted molar refractivity (Wildman–Crippen MR) is 57.6 cm³/mol. The first-order valence-electron chi connectivity index (χ1n) is 4.39. The fourth-order valence-electron chi connectivity index (χ4n) is 1.51. The van der Waals surface area contributed by atoms with Gasteiger partial charge in [0.05, 0.1) is 0 Å². The third kappa shape index (κ3) is 1.38. The Morgan fingerprint density at radius 2 is 2.07 bits per heavy atom. The zero-order valence-corrected chi connectivity index (χ0v) is 8.86. The van der Waals surface area contributed by atoms with Crippen molar-refractivity contribution in [2.75, 3.05) is 0 Å². The van der Waals surface area contributed by atoms with Crippen molar-refractivity contribution in [2.24, 2.45) is 0 Å². The molecule has 0 aliphatic heterocycles. The molecule has 1 N–H and O–H groups in total. The minimum absolute atomic E-state index is 0.157. The smallest absolute Gasteiger partial charge is 0.132 e. The number of thiophene rings is 1.